The molecule has 0 spiro atoms. The number of carbonyl (C=O) groups excluding carboxylic acids is 7. The van der Waals surface area contributed by atoms with Gasteiger partial charge in [-0.15, -0.1) is 0 Å². The number of nitrogens with one attached hydrogen (secondary N) is 1. The molecule has 3 aliphatic heterocycles. The zero-order chi connectivity index (χ0) is 51.4. The van der Waals surface area contributed by atoms with Crippen LogP contribution in [0, 0.1) is 5.41 Å². The highest BCUT2D eigenvalue weighted by Crippen LogP contribution is 2.39. The van der Waals surface area contributed by atoms with Crippen molar-refractivity contribution in [3.8, 4) is 0 Å². The molecule has 3 aliphatic rings. The van der Waals surface area contributed by atoms with E-state index in [2.05, 4.69) is 0 Å². The van der Waals surface area contributed by atoms with E-state index in [1.165, 1.54) is 19.1 Å². The second-order valence-electron chi connectivity index (χ2n) is 15.8. The van der Waals surface area contributed by atoms with Crippen molar-refractivity contribution in [2.45, 2.75) is 145 Å². The number of carbonyl (C=O) groups is 7. The first-order chi connectivity index (χ1) is 33.0. The van der Waals surface area contributed by atoms with Gasteiger partial charge in [0.15, 0.2) is 55.3 Å². The van der Waals surface area contributed by atoms with Crippen LogP contribution in [0.1, 0.15) is 64.4 Å². The highest BCUT2D eigenvalue weighted by molar-refractivity contribution is 6.76. The van der Waals surface area contributed by atoms with Crippen LogP contribution >= 0.6 is 34.8 Å². The van der Waals surface area contributed by atoms with E-state index < -0.39 is 151 Å². The third-order valence-corrected chi connectivity index (χ3v) is 10.8. The van der Waals surface area contributed by atoms with Gasteiger partial charge >= 0.3 is 41.8 Å². The van der Waals surface area contributed by atoms with Crippen LogP contribution in [0.4, 0.5) is 0 Å². The van der Waals surface area contributed by atoms with E-state index in [-0.39, 0.29) is 12.2 Å². The van der Waals surface area contributed by atoms with Gasteiger partial charge in [0, 0.05) is 41.5 Å². The normalized spacial score (nSPS) is 29.8. The lowest BCUT2D eigenvalue weighted by atomic mass is 9.96. The maximum atomic E-state index is 13.5. The van der Waals surface area contributed by atoms with Gasteiger partial charge in [-0.05, 0) is 24.6 Å². The van der Waals surface area contributed by atoms with Crippen molar-refractivity contribution in [1.82, 2.24) is 0 Å². The predicted octanol–water partition coefficient (Wildman–Crippen LogP) is 3.98. The van der Waals surface area contributed by atoms with Gasteiger partial charge in [0.05, 0.1) is 24.9 Å². The number of alkyl halides is 3. The fourth-order valence-corrected chi connectivity index (χ4v) is 7.72. The van der Waals surface area contributed by atoms with Crippen molar-refractivity contribution in [1.29, 1.82) is 5.41 Å². The maximum Gasteiger partial charge on any atom is 0.338 e. The number of ether oxygens (including phenoxy) is 14. The largest absolute Gasteiger partial charge is 0.459 e. The molecule has 0 saturated carbocycles. The molecule has 25 heteroatoms. The number of esters is 7. The number of hydrogen-bond donors (Lipinski definition) is 1. The predicted molar refractivity (Wildman–Crippen MR) is 237 cm³/mol. The van der Waals surface area contributed by atoms with Gasteiger partial charge in [0.2, 0.25) is 12.2 Å². The number of halogens is 3. The smallest absolute Gasteiger partial charge is 0.338 e. The first-order valence-corrected chi connectivity index (χ1v) is 22.6. The first-order valence-electron chi connectivity index (χ1n) is 21.5. The standard InChI is InChI=1S/C45H52Cl3NO21/c1-21-32(62-23(3)51)36(64-25(5)53)39(66-27(7)55)42(60-21)68-33-31(19-58-40(56)29-16-12-9-13-17-29)67-43(70-44(49)45(46,47)48)38(35(33)57-18-28-14-10-8-11-15-28)69-41-37(65-26(6)54)34(63-24(4)52)30(20-59-41)61-22(2)50/h8-17,21,30-39,41-43,49H,18-20H2,1-7H3/t21-,30-,31-,32+,33-,34+,35+,36+,37-,38-,39-,41+,42+,43-/m1/s1. The van der Waals surface area contributed by atoms with E-state index in [9.17, 15) is 33.6 Å². The Labute approximate surface area is 416 Å². The summed E-state index contributed by atoms with van der Waals surface area (Å²) in [5.41, 5.74) is 0.690. The van der Waals surface area contributed by atoms with Crippen molar-refractivity contribution in [2.24, 2.45) is 0 Å². The third kappa shape index (κ3) is 15.7. The Morgan fingerprint density at radius 3 is 1.63 bits per heavy atom. The molecule has 384 valence electrons. The van der Waals surface area contributed by atoms with Crippen LogP contribution in [0.5, 0.6) is 0 Å². The molecule has 2 aromatic rings. The molecule has 3 fully saturated rings. The number of benzene rings is 2. The molecular formula is C45H52Cl3NO21. The SMILES string of the molecule is CC(=O)O[C@H]1[C@@H](OC(C)=O)[C@@H](C)O[C@@H](O[C@H]2[C@H](OCc3ccccc3)[C@@H](O[C@@H]3OC[C@@H](OC(C)=O)[C@H](OC(C)=O)[C@H]3OC(C)=O)[C@@H](OC(=N)C(Cl)(Cl)Cl)O[C@@H]2COC(=O)c2ccccc2)[C@@H]1OC(C)=O. The summed E-state index contributed by atoms with van der Waals surface area (Å²) in [6, 6.07) is 16.4. The summed E-state index contributed by atoms with van der Waals surface area (Å²) >= 11 is 18.3. The molecule has 0 unspecified atom stereocenters. The molecule has 0 amide bonds. The Morgan fingerprint density at radius 1 is 0.571 bits per heavy atom. The van der Waals surface area contributed by atoms with Gasteiger partial charge in [-0.25, -0.2) is 4.79 Å². The maximum absolute atomic E-state index is 13.5. The van der Waals surface area contributed by atoms with Gasteiger partial charge < -0.3 is 66.3 Å². The fourth-order valence-electron chi connectivity index (χ4n) is 7.59. The van der Waals surface area contributed by atoms with Crippen molar-refractivity contribution in [3.63, 3.8) is 0 Å². The molecule has 22 nitrogen and oxygen atoms in total. The molecule has 0 aromatic heterocycles. The summed E-state index contributed by atoms with van der Waals surface area (Å²) < 4.78 is 81.0. The van der Waals surface area contributed by atoms with Crippen LogP contribution in [0.25, 0.3) is 0 Å². The average molecular weight is 1050 g/mol. The Morgan fingerprint density at radius 2 is 1.07 bits per heavy atom. The molecule has 0 aliphatic carbocycles. The Hall–Kier alpha value is -5.17. The summed E-state index contributed by atoms with van der Waals surface area (Å²) in [7, 11) is 0. The van der Waals surface area contributed by atoms with Gasteiger partial charge in [-0.2, -0.15) is 0 Å². The van der Waals surface area contributed by atoms with Crippen molar-refractivity contribution in [2.75, 3.05) is 13.2 Å². The Kier molecular flexibility index (Phi) is 20.1. The number of rotatable bonds is 17. The Bertz CT molecular complexity index is 2160. The topological polar surface area (TPSA) is 273 Å². The zero-order valence-corrected chi connectivity index (χ0v) is 41.0. The monoisotopic (exact) mass is 1050 g/mol. The van der Waals surface area contributed by atoms with Gasteiger partial charge in [-0.1, -0.05) is 83.3 Å². The second kappa shape index (κ2) is 25.3. The lowest BCUT2D eigenvalue weighted by Crippen LogP contribution is -2.68. The first kappa shape index (κ1) is 55.8. The number of hydrogen-bond acceptors (Lipinski definition) is 22. The molecule has 0 bridgehead atoms. The van der Waals surface area contributed by atoms with E-state index in [4.69, 9.17) is 107 Å². The van der Waals surface area contributed by atoms with E-state index in [1.807, 2.05) is 0 Å². The fraction of sp³-hybridized carbons (Fsp3) is 0.556. The third-order valence-electron chi connectivity index (χ3n) is 10.3. The van der Waals surface area contributed by atoms with Crippen molar-refractivity contribution in [3.05, 3.63) is 71.8 Å². The van der Waals surface area contributed by atoms with Gasteiger partial charge in [0.1, 0.15) is 24.9 Å². The molecular weight excluding hydrogens is 997 g/mol. The van der Waals surface area contributed by atoms with E-state index >= 15 is 0 Å². The quantitative estimate of drug-likeness (QED) is 0.0771. The summed E-state index contributed by atoms with van der Waals surface area (Å²) in [5, 5.41) is 8.62. The Balaban J connectivity index is 1.70. The van der Waals surface area contributed by atoms with Gasteiger partial charge in [0.25, 0.3) is 3.79 Å². The van der Waals surface area contributed by atoms with Crippen LogP contribution in [0.15, 0.2) is 60.7 Å². The minimum absolute atomic E-state index is 0.125. The average Bonchev–Trinajstić information content (AvgIpc) is 3.27. The zero-order valence-electron chi connectivity index (χ0n) is 38.7. The highest BCUT2D eigenvalue weighted by Gasteiger charge is 2.58. The molecule has 1 N–H and O–H groups in total. The molecule has 70 heavy (non-hydrogen) atoms. The molecule has 14 atom stereocenters. The van der Waals surface area contributed by atoms with Crippen LogP contribution in [0.3, 0.4) is 0 Å². The summed E-state index contributed by atoms with van der Waals surface area (Å²) in [5.74, 6) is -7.06. The molecule has 2 aromatic carbocycles. The van der Waals surface area contributed by atoms with Gasteiger partial charge in [-0.3, -0.25) is 34.2 Å². The highest BCUT2D eigenvalue weighted by atomic mass is 35.6. The summed E-state index contributed by atoms with van der Waals surface area (Å²) in [4.78, 5) is 88.6. The summed E-state index contributed by atoms with van der Waals surface area (Å²) in [6.07, 6.45) is -22.6. The lowest BCUT2D eigenvalue weighted by molar-refractivity contribution is -0.378. The molecule has 3 saturated heterocycles. The minimum atomic E-state index is -2.54. The summed E-state index contributed by atoms with van der Waals surface area (Å²) in [6.45, 7) is 6.37. The van der Waals surface area contributed by atoms with E-state index in [1.54, 1.807) is 48.5 Å². The molecule has 5 rings (SSSR count). The molecule has 0 radical (unpaired) electrons. The van der Waals surface area contributed by atoms with Crippen LogP contribution in [-0.2, 0) is 102 Å². The van der Waals surface area contributed by atoms with E-state index in [0.717, 1.165) is 41.5 Å². The van der Waals surface area contributed by atoms with Crippen molar-refractivity contribution >= 4 is 82.5 Å². The van der Waals surface area contributed by atoms with Crippen molar-refractivity contribution < 1.29 is 99.9 Å². The second-order valence-corrected chi connectivity index (χ2v) is 18.1. The van der Waals surface area contributed by atoms with Crippen LogP contribution in [-0.4, -0.2) is 151 Å². The minimum Gasteiger partial charge on any atom is -0.459 e. The van der Waals surface area contributed by atoms with Crippen LogP contribution < -0.4 is 0 Å². The molecule has 3 heterocycles. The lowest BCUT2D eigenvalue weighted by Gasteiger charge is -2.50. The van der Waals surface area contributed by atoms with E-state index in [0.29, 0.717) is 5.56 Å². The van der Waals surface area contributed by atoms with Crippen LogP contribution in [0.2, 0.25) is 0 Å².